The first kappa shape index (κ1) is 14.6. The van der Waals surface area contributed by atoms with E-state index in [9.17, 15) is 10.1 Å². The lowest BCUT2D eigenvalue weighted by Gasteiger charge is -2.12. The number of benzene rings is 1. The molecular formula is C14H15N3O4. The third-order valence-corrected chi connectivity index (χ3v) is 2.87. The van der Waals surface area contributed by atoms with Crippen molar-refractivity contribution < 1.29 is 14.4 Å². The minimum Gasteiger partial charge on any atom is -0.493 e. The zero-order valence-electron chi connectivity index (χ0n) is 11.7. The van der Waals surface area contributed by atoms with Crippen LogP contribution in [0.3, 0.4) is 0 Å². The molecule has 7 heteroatoms. The maximum absolute atomic E-state index is 10.8. The molecule has 1 aromatic heterocycles. The lowest BCUT2D eigenvalue weighted by molar-refractivity contribution is -0.385. The summed E-state index contributed by atoms with van der Waals surface area (Å²) in [5, 5.41) is 13.8. The van der Waals surface area contributed by atoms with Crippen LogP contribution in [0.15, 0.2) is 36.5 Å². The first-order chi connectivity index (χ1) is 10.2. The zero-order chi connectivity index (χ0) is 15.2. The molecule has 0 aliphatic rings. The largest absolute Gasteiger partial charge is 0.493 e. The summed E-state index contributed by atoms with van der Waals surface area (Å²) >= 11 is 0. The average Bonchev–Trinajstić information content (AvgIpc) is 2.52. The Hall–Kier alpha value is -2.83. The van der Waals surface area contributed by atoms with E-state index in [-0.39, 0.29) is 12.3 Å². The number of nitrogens with zero attached hydrogens (tertiary/aromatic N) is 2. The van der Waals surface area contributed by atoms with E-state index in [1.54, 1.807) is 19.3 Å². The van der Waals surface area contributed by atoms with Crippen LogP contribution in [0.5, 0.6) is 11.5 Å². The SMILES string of the molecule is CNc1ncccc1COc1cc([N+](=O)[O-])ccc1OC. The van der Waals surface area contributed by atoms with E-state index in [1.165, 1.54) is 25.3 Å². The number of anilines is 1. The molecule has 0 fully saturated rings. The molecule has 0 bridgehead atoms. The number of aromatic nitrogens is 1. The van der Waals surface area contributed by atoms with Gasteiger partial charge < -0.3 is 14.8 Å². The van der Waals surface area contributed by atoms with Gasteiger partial charge in [-0.25, -0.2) is 4.98 Å². The monoisotopic (exact) mass is 289 g/mol. The quantitative estimate of drug-likeness (QED) is 0.649. The van der Waals surface area contributed by atoms with Gasteiger partial charge in [0, 0.05) is 24.9 Å². The third-order valence-electron chi connectivity index (χ3n) is 2.87. The van der Waals surface area contributed by atoms with Crippen LogP contribution in [-0.4, -0.2) is 24.1 Å². The van der Waals surface area contributed by atoms with Crippen LogP contribution in [0.1, 0.15) is 5.56 Å². The molecule has 0 aliphatic carbocycles. The van der Waals surface area contributed by atoms with E-state index >= 15 is 0 Å². The Labute approximate surface area is 121 Å². The van der Waals surface area contributed by atoms with Gasteiger partial charge in [-0.2, -0.15) is 0 Å². The molecule has 0 atom stereocenters. The summed E-state index contributed by atoms with van der Waals surface area (Å²) < 4.78 is 10.8. The molecule has 2 rings (SSSR count). The van der Waals surface area contributed by atoms with Crippen molar-refractivity contribution in [3.8, 4) is 11.5 Å². The summed E-state index contributed by atoms with van der Waals surface area (Å²) in [7, 11) is 3.25. The van der Waals surface area contributed by atoms with E-state index < -0.39 is 4.92 Å². The van der Waals surface area contributed by atoms with Crippen LogP contribution in [-0.2, 0) is 6.61 Å². The predicted octanol–water partition coefficient (Wildman–Crippen LogP) is 2.62. The molecule has 0 saturated heterocycles. The van der Waals surface area contributed by atoms with Crippen molar-refractivity contribution in [1.29, 1.82) is 0 Å². The summed E-state index contributed by atoms with van der Waals surface area (Å²) in [5.41, 5.74) is 0.791. The van der Waals surface area contributed by atoms with Crippen LogP contribution in [0, 0.1) is 10.1 Å². The van der Waals surface area contributed by atoms with Crippen LogP contribution >= 0.6 is 0 Å². The van der Waals surface area contributed by atoms with Crippen molar-refractivity contribution in [3.05, 3.63) is 52.2 Å². The van der Waals surface area contributed by atoms with Crippen molar-refractivity contribution in [2.75, 3.05) is 19.5 Å². The van der Waals surface area contributed by atoms with E-state index in [2.05, 4.69) is 10.3 Å². The predicted molar refractivity (Wildman–Crippen MR) is 77.8 cm³/mol. The topological polar surface area (TPSA) is 86.5 Å². The van der Waals surface area contributed by atoms with Crippen molar-refractivity contribution in [1.82, 2.24) is 4.98 Å². The van der Waals surface area contributed by atoms with Crippen molar-refractivity contribution in [2.24, 2.45) is 0 Å². The second-order valence-corrected chi connectivity index (χ2v) is 4.14. The highest BCUT2D eigenvalue weighted by Gasteiger charge is 2.13. The van der Waals surface area contributed by atoms with Gasteiger partial charge in [-0.1, -0.05) is 6.07 Å². The molecule has 0 saturated carbocycles. The number of hydrogen-bond donors (Lipinski definition) is 1. The van der Waals surface area contributed by atoms with Gasteiger partial charge in [-0.05, 0) is 12.1 Å². The standard InChI is InChI=1S/C14H15N3O4/c1-15-14-10(4-3-7-16-14)9-21-13-8-11(17(18)19)5-6-12(13)20-2/h3-8H,9H2,1-2H3,(H,15,16). The molecule has 0 amide bonds. The Morgan fingerprint density at radius 3 is 2.81 bits per heavy atom. The number of nitro benzene ring substituents is 1. The highest BCUT2D eigenvalue weighted by molar-refractivity contribution is 5.49. The summed E-state index contributed by atoms with van der Waals surface area (Å²) in [5.74, 6) is 1.45. The molecule has 0 radical (unpaired) electrons. The number of hydrogen-bond acceptors (Lipinski definition) is 6. The van der Waals surface area contributed by atoms with Crippen LogP contribution in [0.2, 0.25) is 0 Å². The summed E-state index contributed by atoms with van der Waals surface area (Å²) in [6, 6.07) is 7.88. The van der Waals surface area contributed by atoms with E-state index in [4.69, 9.17) is 9.47 Å². The normalized spacial score (nSPS) is 10.0. The number of nitrogens with one attached hydrogen (secondary N) is 1. The van der Waals surface area contributed by atoms with Gasteiger partial charge in [-0.3, -0.25) is 10.1 Å². The number of rotatable bonds is 6. The van der Waals surface area contributed by atoms with E-state index in [0.717, 1.165) is 5.56 Å². The highest BCUT2D eigenvalue weighted by Crippen LogP contribution is 2.32. The van der Waals surface area contributed by atoms with Gasteiger partial charge in [0.05, 0.1) is 18.1 Å². The molecule has 2 aromatic rings. The molecule has 0 unspecified atom stereocenters. The number of pyridine rings is 1. The number of methoxy groups -OCH3 is 1. The Morgan fingerprint density at radius 1 is 1.33 bits per heavy atom. The molecule has 7 nitrogen and oxygen atoms in total. The summed E-state index contributed by atoms with van der Waals surface area (Å²) in [6.45, 7) is 0.224. The molecule has 110 valence electrons. The first-order valence-electron chi connectivity index (χ1n) is 6.22. The lowest BCUT2D eigenvalue weighted by Crippen LogP contribution is -2.03. The third kappa shape index (κ3) is 3.38. The molecule has 0 spiro atoms. The average molecular weight is 289 g/mol. The first-order valence-corrected chi connectivity index (χ1v) is 6.22. The van der Waals surface area contributed by atoms with Crippen molar-refractivity contribution in [3.63, 3.8) is 0 Å². The smallest absolute Gasteiger partial charge is 0.273 e. The molecule has 1 heterocycles. The summed E-state index contributed by atoms with van der Waals surface area (Å²) in [4.78, 5) is 14.5. The molecule has 1 aromatic carbocycles. The van der Waals surface area contributed by atoms with Crippen molar-refractivity contribution in [2.45, 2.75) is 6.61 Å². The van der Waals surface area contributed by atoms with Gasteiger partial charge >= 0.3 is 0 Å². The number of non-ortho nitro benzene ring substituents is 1. The molecule has 21 heavy (non-hydrogen) atoms. The van der Waals surface area contributed by atoms with Gasteiger partial charge in [0.1, 0.15) is 12.4 Å². The van der Waals surface area contributed by atoms with Crippen LogP contribution in [0.4, 0.5) is 11.5 Å². The second-order valence-electron chi connectivity index (χ2n) is 4.14. The van der Waals surface area contributed by atoms with Gasteiger partial charge in [0.2, 0.25) is 0 Å². The van der Waals surface area contributed by atoms with Gasteiger partial charge in [-0.15, -0.1) is 0 Å². The van der Waals surface area contributed by atoms with Crippen LogP contribution in [0.25, 0.3) is 0 Å². The Balaban J connectivity index is 2.22. The minimum atomic E-state index is -0.477. The van der Waals surface area contributed by atoms with E-state index in [0.29, 0.717) is 17.3 Å². The van der Waals surface area contributed by atoms with Gasteiger partial charge in [0.15, 0.2) is 11.5 Å². The Morgan fingerprint density at radius 2 is 2.14 bits per heavy atom. The lowest BCUT2D eigenvalue weighted by atomic mass is 10.2. The van der Waals surface area contributed by atoms with E-state index in [1.807, 2.05) is 6.07 Å². The molecule has 1 N–H and O–H groups in total. The fraction of sp³-hybridized carbons (Fsp3) is 0.214. The Bertz CT molecular complexity index is 646. The fourth-order valence-corrected chi connectivity index (χ4v) is 1.83. The minimum absolute atomic E-state index is 0.0502. The molecular weight excluding hydrogens is 274 g/mol. The second kappa shape index (κ2) is 6.56. The molecule has 0 aliphatic heterocycles. The number of ether oxygens (including phenoxy) is 2. The van der Waals surface area contributed by atoms with Crippen molar-refractivity contribution >= 4 is 11.5 Å². The summed E-state index contributed by atoms with van der Waals surface area (Å²) in [6.07, 6.45) is 1.67. The highest BCUT2D eigenvalue weighted by atomic mass is 16.6. The maximum atomic E-state index is 10.8. The zero-order valence-corrected chi connectivity index (χ0v) is 11.7. The Kier molecular flexibility index (Phi) is 4.55. The van der Waals surface area contributed by atoms with Gasteiger partial charge in [0.25, 0.3) is 5.69 Å². The number of nitro groups is 1. The van der Waals surface area contributed by atoms with Crippen LogP contribution < -0.4 is 14.8 Å². The fourth-order valence-electron chi connectivity index (χ4n) is 1.83. The maximum Gasteiger partial charge on any atom is 0.273 e.